The van der Waals surface area contributed by atoms with Gasteiger partial charge in [0.15, 0.2) is 0 Å². The molecular formula is C19H19N3O. The van der Waals surface area contributed by atoms with Crippen LogP contribution < -0.4 is 5.32 Å². The average molecular weight is 305 g/mol. The van der Waals surface area contributed by atoms with Crippen molar-refractivity contribution < 1.29 is 4.79 Å². The summed E-state index contributed by atoms with van der Waals surface area (Å²) in [5.74, 6) is 0.129. The van der Waals surface area contributed by atoms with Gasteiger partial charge in [0.05, 0.1) is 17.9 Å². The summed E-state index contributed by atoms with van der Waals surface area (Å²) in [4.78, 5) is 16.9. The van der Waals surface area contributed by atoms with E-state index in [-0.39, 0.29) is 11.8 Å². The number of pyridine rings is 1. The molecule has 0 bridgehead atoms. The van der Waals surface area contributed by atoms with Crippen molar-refractivity contribution in [3.63, 3.8) is 0 Å². The van der Waals surface area contributed by atoms with E-state index in [1.54, 1.807) is 0 Å². The van der Waals surface area contributed by atoms with Crippen molar-refractivity contribution in [2.75, 3.05) is 0 Å². The van der Waals surface area contributed by atoms with Gasteiger partial charge in [-0.25, -0.2) is 4.98 Å². The minimum atomic E-state index is 0.0426. The third-order valence-corrected chi connectivity index (χ3v) is 4.63. The zero-order valence-electron chi connectivity index (χ0n) is 13.1. The molecule has 3 aromatic rings. The first-order valence-electron chi connectivity index (χ1n) is 8.08. The van der Waals surface area contributed by atoms with E-state index in [4.69, 9.17) is 4.98 Å². The summed E-state index contributed by atoms with van der Waals surface area (Å²) in [6, 6.07) is 14.4. The van der Waals surface area contributed by atoms with Crippen LogP contribution in [-0.2, 0) is 17.8 Å². The van der Waals surface area contributed by atoms with Gasteiger partial charge < -0.3 is 9.72 Å². The number of nitrogens with one attached hydrogen (secondary N) is 1. The lowest BCUT2D eigenvalue weighted by atomic mass is 9.87. The predicted octanol–water partition coefficient (Wildman–Crippen LogP) is 3.05. The van der Waals surface area contributed by atoms with Crippen LogP contribution in [-0.4, -0.2) is 15.3 Å². The Kier molecular flexibility index (Phi) is 3.37. The van der Waals surface area contributed by atoms with Crippen molar-refractivity contribution in [1.29, 1.82) is 0 Å². The monoisotopic (exact) mass is 305 g/mol. The molecule has 1 aromatic carbocycles. The molecule has 4 nitrogen and oxygen atoms in total. The Hall–Kier alpha value is -2.62. The van der Waals surface area contributed by atoms with E-state index >= 15 is 0 Å². The van der Waals surface area contributed by atoms with E-state index in [1.165, 1.54) is 11.1 Å². The maximum atomic E-state index is 12.2. The van der Waals surface area contributed by atoms with E-state index in [1.807, 2.05) is 24.4 Å². The standard InChI is InChI=1S/C19H19N3O/c1-2-13-7-3-4-8-14(13)15-11-18(23)20-12-16-19(15)22-10-6-5-9-17(22)21-16/h3-10,15H,2,11-12H2,1H3,(H,20,23)/t15-/m1/s1. The second-order valence-electron chi connectivity index (χ2n) is 5.96. The predicted molar refractivity (Wildman–Crippen MR) is 89.3 cm³/mol. The normalized spacial score (nSPS) is 17.6. The van der Waals surface area contributed by atoms with Crippen molar-refractivity contribution in [2.45, 2.75) is 32.2 Å². The number of imidazole rings is 1. The molecule has 23 heavy (non-hydrogen) atoms. The molecule has 0 saturated carbocycles. The number of amides is 1. The van der Waals surface area contributed by atoms with Gasteiger partial charge in [-0.05, 0) is 29.7 Å². The lowest BCUT2D eigenvalue weighted by Crippen LogP contribution is -2.21. The summed E-state index contributed by atoms with van der Waals surface area (Å²) >= 11 is 0. The summed E-state index contributed by atoms with van der Waals surface area (Å²) < 4.78 is 2.13. The Morgan fingerprint density at radius 1 is 1.22 bits per heavy atom. The number of benzene rings is 1. The van der Waals surface area contributed by atoms with E-state index < -0.39 is 0 Å². The third kappa shape index (κ3) is 2.31. The zero-order chi connectivity index (χ0) is 15.8. The molecule has 0 radical (unpaired) electrons. The molecule has 0 saturated heterocycles. The topological polar surface area (TPSA) is 46.4 Å². The van der Waals surface area contributed by atoms with Crippen LogP contribution in [0.1, 0.15) is 41.8 Å². The van der Waals surface area contributed by atoms with E-state index in [0.29, 0.717) is 13.0 Å². The Morgan fingerprint density at radius 2 is 2.04 bits per heavy atom. The number of carbonyl (C=O) groups is 1. The molecule has 1 amide bonds. The van der Waals surface area contributed by atoms with E-state index in [0.717, 1.165) is 23.5 Å². The molecule has 4 rings (SSSR count). The fraction of sp³-hybridized carbons (Fsp3) is 0.263. The molecule has 116 valence electrons. The van der Waals surface area contributed by atoms with Crippen LogP contribution in [0.2, 0.25) is 0 Å². The van der Waals surface area contributed by atoms with Crippen LogP contribution in [0, 0.1) is 0 Å². The fourth-order valence-electron chi connectivity index (χ4n) is 3.55. The van der Waals surface area contributed by atoms with Crippen LogP contribution in [0.15, 0.2) is 48.7 Å². The fourth-order valence-corrected chi connectivity index (χ4v) is 3.55. The van der Waals surface area contributed by atoms with Crippen LogP contribution in [0.3, 0.4) is 0 Å². The van der Waals surface area contributed by atoms with Crippen LogP contribution in [0.25, 0.3) is 5.65 Å². The molecule has 1 N–H and O–H groups in total. The highest BCUT2D eigenvalue weighted by Crippen LogP contribution is 2.35. The zero-order valence-corrected chi connectivity index (χ0v) is 13.1. The number of hydrogen-bond donors (Lipinski definition) is 1. The van der Waals surface area contributed by atoms with Gasteiger partial charge in [-0.2, -0.15) is 0 Å². The summed E-state index contributed by atoms with van der Waals surface area (Å²) in [6.45, 7) is 2.66. The average Bonchev–Trinajstić information content (AvgIpc) is 2.88. The number of nitrogens with zero attached hydrogens (tertiary/aromatic N) is 2. The number of aryl methyl sites for hydroxylation is 1. The summed E-state index contributed by atoms with van der Waals surface area (Å²) in [6.07, 6.45) is 3.46. The third-order valence-electron chi connectivity index (χ3n) is 4.63. The maximum Gasteiger partial charge on any atom is 0.221 e. The quantitative estimate of drug-likeness (QED) is 0.791. The first-order valence-corrected chi connectivity index (χ1v) is 8.08. The molecule has 1 aliphatic heterocycles. The summed E-state index contributed by atoms with van der Waals surface area (Å²) in [5.41, 5.74) is 5.58. The van der Waals surface area contributed by atoms with Crippen LogP contribution in [0.4, 0.5) is 0 Å². The van der Waals surface area contributed by atoms with Gasteiger partial charge in [0.25, 0.3) is 0 Å². The molecule has 1 aliphatic rings. The molecular weight excluding hydrogens is 286 g/mol. The van der Waals surface area contributed by atoms with Crippen molar-refractivity contribution >= 4 is 11.6 Å². The Bertz CT molecular complexity index is 881. The van der Waals surface area contributed by atoms with Gasteiger partial charge in [-0.3, -0.25) is 4.79 Å². The van der Waals surface area contributed by atoms with Crippen LogP contribution in [0.5, 0.6) is 0 Å². The lowest BCUT2D eigenvalue weighted by molar-refractivity contribution is -0.121. The first kappa shape index (κ1) is 14.0. The number of aromatic nitrogens is 2. The van der Waals surface area contributed by atoms with Gasteiger partial charge in [-0.1, -0.05) is 37.3 Å². The van der Waals surface area contributed by atoms with Gasteiger partial charge >= 0.3 is 0 Å². The smallest absolute Gasteiger partial charge is 0.221 e. The van der Waals surface area contributed by atoms with Gasteiger partial charge in [-0.15, -0.1) is 0 Å². The van der Waals surface area contributed by atoms with Crippen molar-refractivity contribution in [3.05, 3.63) is 71.2 Å². The highest BCUT2D eigenvalue weighted by atomic mass is 16.1. The summed E-state index contributed by atoms with van der Waals surface area (Å²) in [5, 5.41) is 2.98. The molecule has 4 heteroatoms. The molecule has 0 unspecified atom stereocenters. The van der Waals surface area contributed by atoms with Crippen LogP contribution >= 0.6 is 0 Å². The maximum absolute atomic E-state index is 12.2. The van der Waals surface area contributed by atoms with Crippen molar-refractivity contribution in [1.82, 2.24) is 14.7 Å². The second-order valence-corrected chi connectivity index (χ2v) is 5.96. The number of hydrogen-bond acceptors (Lipinski definition) is 2. The summed E-state index contributed by atoms with van der Waals surface area (Å²) in [7, 11) is 0. The minimum absolute atomic E-state index is 0.0426. The van der Waals surface area contributed by atoms with E-state index in [9.17, 15) is 4.79 Å². The number of carbonyl (C=O) groups excluding carboxylic acids is 1. The molecule has 0 fully saturated rings. The highest BCUT2D eigenvalue weighted by molar-refractivity contribution is 5.78. The van der Waals surface area contributed by atoms with E-state index in [2.05, 4.69) is 40.9 Å². The van der Waals surface area contributed by atoms with Crippen molar-refractivity contribution in [3.8, 4) is 0 Å². The first-order chi connectivity index (χ1) is 11.3. The number of rotatable bonds is 2. The van der Waals surface area contributed by atoms with Gasteiger partial charge in [0, 0.05) is 18.5 Å². The Balaban J connectivity index is 1.97. The number of fused-ring (bicyclic) bond motifs is 3. The molecule has 0 spiro atoms. The lowest BCUT2D eigenvalue weighted by Gasteiger charge is -2.19. The van der Waals surface area contributed by atoms with Gasteiger partial charge in [0.1, 0.15) is 5.65 Å². The highest BCUT2D eigenvalue weighted by Gasteiger charge is 2.29. The molecule has 1 atom stereocenters. The van der Waals surface area contributed by atoms with Crippen molar-refractivity contribution in [2.24, 2.45) is 0 Å². The molecule has 3 heterocycles. The second kappa shape index (κ2) is 5.54. The largest absolute Gasteiger partial charge is 0.350 e. The minimum Gasteiger partial charge on any atom is -0.350 e. The van der Waals surface area contributed by atoms with Gasteiger partial charge in [0.2, 0.25) is 5.91 Å². The Labute approximate surface area is 135 Å². The Morgan fingerprint density at radius 3 is 2.91 bits per heavy atom. The molecule has 2 aromatic heterocycles. The molecule has 0 aliphatic carbocycles. The SMILES string of the molecule is CCc1ccccc1[C@H]1CC(=O)NCc2nc3ccccn3c21.